The maximum absolute atomic E-state index is 3.88. The van der Waals surface area contributed by atoms with Gasteiger partial charge in [0.1, 0.15) is 0 Å². The monoisotopic (exact) mass is 107 g/mol. The Morgan fingerprint density at radius 3 is 1.17 bits per heavy atom. The minimum Gasteiger partial charge on any atom is -0.354 e. The molecule has 1 fully saturated rings. The van der Waals surface area contributed by atoms with E-state index in [1.165, 1.54) is 0 Å². The van der Waals surface area contributed by atoms with Gasteiger partial charge in [0.25, 0.3) is 0 Å². The summed E-state index contributed by atoms with van der Waals surface area (Å²) >= 11 is 0. The van der Waals surface area contributed by atoms with Crippen LogP contribution in [0.15, 0.2) is 0 Å². The zero-order valence-corrected chi connectivity index (χ0v) is 7.80. The molecule has 5 heteroatoms. The van der Waals surface area contributed by atoms with E-state index in [2.05, 4.69) is 14.8 Å². The van der Waals surface area contributed by atoms with Gasteiger partial charge in [-0.3, -0.25) is 0 Å². The van der Waals surface area contributed by atoms with Crippen molar-refractivity contribution >= 4 is 0 Å². The van der Waals surface area contributed by atoms with Gasteiger partial charge in [-0.25, -0.2) is 0 Å². The summed E-state index contributed by atoms with van der Waals surface area (Å²) in [6, 6.07) is 0. The van der Waals surface area contributed by atoms with Crippen molar-refractivity contribution in [1.82, 2.24) is 0 Å². The quantitative estimate of drug-likeness (QED) is 0.175. The summed E-state index contributed by atoms with van der Waals surface area (Å²) in [7, 11) is 0. The van der Waals surface area contributed by atoms with E-state index >= 15 is 0 Å². The van der Waals surface area contributed by atoms with E-state index in [0.717, 1.165) is 6.79 Å². The molecule has 0 aromatic rings. The molecule has 0 radical (unpaired) electrons. The molecule has 1 rings (SSSR count). The molecule has 24 valence electrons. The average Bonchev–Trinajstić information content (AvgIpc) is 0.722. The van der Waals surface area contributed by atoms with Crippen LogP contribution in [0.4, 0.5) is 0 Å². The second-order valence-electron chi connectivity index (χ2n) is 0.357. The summed E-state index contributed by atoms with van der Waals surface area (Å²) in [5.41, 5.74) is 0. The first kappa shape index (κ1) is 10.8. The first-order chi connectivity index (χ1) is 2.00. The van der Waals surface area contributed by atoms with Crippen molar-refractivity contribution in [2.75, 3.05) is 0 Å². The molecule has 0 spiro atoms. The normalized spacial score (nSPS) is 16.0. The molecule has 1 aliphatic rings. The third kappa shape index (κ3) is 4.05. The molecular formula is CHNa2O3+. The van der Waals surface area contributed by atoms with Crippen LogP contribution in [0.3, 0.4) is 0 Å². The number of hydrogen-bond acceptors (Lipinski definition) is 3. The molecule has 1 heterocycles. The van der Waals surface area contributed by atoms with Crippen LogP contribution in [0.2, 0.25) is 0 Å². The van der Waals surface area contributed by atoms with Crippen LogP contribution < -0.4 is 59.1 Å². The summed E-state index contributed by atoms with van der Waals surface area (Å²) in [5, 5.41) is 3.67. The van der Waals surface area contributed by atoms with Gasteiger partial charge < -0.3 is 9.78 Å². The van der Waals surface area contributed by atoms with Crippen LogP contribution >= 0.6 is 0 Å². The van der Waals surface area contributed by atoms with Gasteiger partial charge in [0.15, 0.2) is 0 Å². The van der Waals surface area contributed by atoms with Crippen LogP contribution in [0, 0.1) is 6.79 Å². The summed E-state index contributed by atoms with van der Waals surface area (Å²) in [4.78, 5) is 7.75. The van der Waals surface area contributed by atoms with Crippen molar-refractivity contribution in [3.63, 3.8) is 0 Å². The molecule has 3 nitrogen and oxygen atoms in total. The molecule has 0 aromatic heterocycles. The Kier molecular flexibility index (Phi) is 12.4. The van der Waals surface area contributed by atoms with E-state index in [4.69, 9.17) is 0 Å². The van der Waals surface area contributed by atoms with Gasteiger partial charge in [-0.1, -0.05) is 0 Å². The Morgan fingerprint density at radius 2 is 1.17 bits per heavy atom. The Hall–Kier alpha value is 1.88. The van der Waals surface area contributed by atoms with E-state index in [1.807, 2.05) is 0 Å². The molecule has 0 aliphatic carbocycles. The van der Waals surface area contributed by atoms with Crippen molar-refractivity contribution in [1.29, 1.82) is 0 Å². The number of hydrogen-bond donors (Lipinski definition) is 0. The Morgan fingerprint density at radius 1 is 1.00 bits per heavy atom. The Balaban J connectivity index is 0. The molecule has 0 N–H and O–H groups in total. The Bertz CT molecular complexity index is 16.8. The second kappa shape index (κ2) is 6.88. The predicted molar refractivity (Wildman–Crippen MR) is 7.55 cm³/mol. The predicted octanol–water partition coefficient (Wildman–Crippen LogP) is -5.99. The number of rotatable bonds is 0. The van der Waals surface area contributed by atoms with E-state index < -0.39 is 0 Å². The molecular weight excluding hydrogens is 106 g/mol. The van der Waals surface area contributed by atoms with Gasteiger partial charge in [0.05, 0.1) is 0 Å². The largest absolute Gasteiger partial charge is 1.00 e. The minimum atomic E-state index is 0. The third-order valence-electron chi connectivity index (χ3n) is 0.157. The molecule has 0 amide bonds. The molecule has 6 heavy (non-hydrogen) atoms. The van der Waals surface area contributed by atoms with Crippen LogP contribution in [0.1, 0.15) is 0 Å². The van der Waals surface area contributed by atoms with Gasteiger partial charge in [-0.2, -0.15) is 0 Å². The summed E-state index contributed by atoms with van der Waals surface area (Å²) in [5.74, 6) is 0. The van der Waals surface area contributed by atoms with Gasteiger partial charge in [0.2, 0.25) is 0 Å². The SMILES string of the molecule is [CH-]1OOO1.[Na+].[Na+]. The molecule has 0 bridgehead atoms. The van der Waals surface area contributed by atoms with Crippen LogP contribution in [-0.2, 0) is 14.8 Å². The van der Waals surface area contributed by atoms with Crippen molar-refractivity contribution in [3.8, 4) is 0 Å². The molecule has 0 unspecified atom stereocenters. The van der Waals surface area contributed by atoms with E-state index in [0.29, 0.717) is 0 Å². The van der Waals surface area contributed by atoms with Crippen molar-refractivity contribution in [2.45, 2.75) is 0 Å². The van der Waals surface area contributed by atoms with Gasteiger partial charge in [0, 0.05) is 0 Å². The third-order valence-corrected chi connectivity index (χ3v) is 0.157. The van der Waals surface area contributed by atoms with Crippen LogP contribution in [-0.4, -0.2) is 0 Å². The van der Waals surface area contributed by atoms with Gasteiger partial charge in [-0.05, 0) is 6.79 Å². The maximum Gasteiger partial charge on any atom is 1.00 e. The van der Waals surface area contributed by atoms with Crippen LogP contribution in [0.25, 0.3) is 0 Å². The summed E-state index contributed by atoms with van der Waals surface area (Å²) in [6.07, 6.45) is 0. The van der Waals surface area contributed by atoms with E-state index in [9.17, 15) is 0 Å². The van der Waals surface area contributed by atoms with E-state index in [-0.39, 0.29) is 59.1 Å². The molecule has 0 saturated carbocycles. The molecule has 1 aliphatic heterocycles. The molecule has 0 atom stereocenters. The zero-order chi connectivity index (χ0) is 2.83. The second-order valence-corrected chi connectivity index (χ2v) is 0.357. The maximum atomic E-state index is 3.88. The summed E-state index contributed by atoms with van der Waals surface area (Å²) in [6.45, 7) is 1.08. The Labute approximate surface area is 79.8 Å². The van der Waals surface area contributed by atoms with Gasteiger partial charge in [-0.15, -0.1) is 5.04 Å². The fraction of sp³-hybridized carbons (Fsp3) is 0. The van der Waals surface area contributed by atoms with Crippen molar-refractivity contribution in [2.24, 2.45) is 0 Å². The van der Waals surface area contributed by atoms with Crippen LogP contribution in [0.5, 0.6) is 0 Å². The zero-order valence-electron chi connectivity index (χ0n) is 3.80. The van der Waals surface area contributed by atoms with Crippen molar-refractivity contribution in [3.05, 3.63) is 6.79 Å². The topological polar surface area (TPSA) is 27.7 Å². The molecule has 0 aromatic carbocycles. The average molecular weight is 107 g/mol. The van der Waals surface area contributed by atoms with E-state index in [1.54, 1.807) is 0 Å². The standard InChI is InChI=1S/CHO3.2Na/c1-2-4-3-1;;/h1H;;/q-1;2*+1. The summed E-state index contributed by atoms with van der Waals surface area (Å²) < 4.78 is 0. The first-order valence-electron chi connectivity index (χ1n) is 0.805. The smallest absolute Gasteiger partial charge is 0.354 e. The minimum absolute atomic E-state index is 0. The van der Waals surface area contributed by atoms with Crippen molar-refractivity contribution < 1.29 is 73.9 Å². The first-order valence-corrected chi connectivity index (χ1v) is 0.805. The molecule has 1 saturated heterocycles. The van der Waals surface area contributed by atoms with Gasteiger partial charge >= 0.3 is 59.1 Å². The fourth-order valence-electron chi connectivity index (χ4n) is 0.0393. The fourth-order valence-corrected chi connectivity index (χ4v) is 0.0393.